The van der Waals surface area contributed by atoms with Crippen molar-refractivity contribution in [2.75, 3.05) is 18.8 Å². The minimum absolute atomic E-state index is 0.0839. The molecule has 4 nitrogen and oxygen atoms in total. The van der Waals surface area contributed by atoms with E-state index in [9.17, 15) is 21.6 Å². The molecule has 1 saturated carbocycles. The van der Waals surface area contributed by atoms with Crippen LogP contribution in [0.2, 0.25) is 0 Å². The maximum atomic E-state index is 12.1. The number of rotatable bonds is 7. The first-order valence-electron chi connectivity index (χ1n) is 6.52. The predicted octanol–water partition coefficient (Wildman–Crippen LogP) is 1.86. The average Bonchev–Trinajstić information content (AvgIpc) is 2.76. The SMILES string of the molecule is NCCN(C1CCCC1)S(=O)(=O)CCCC(F)(F)F. The number of hydrogen-bond acceptors (Lipinski definition) is 3. The molecule has 2 N–H and O–H groups in total. The van der Waals surface area contributed by atoms with Crippen molar-refractivity contribution in [2.45, 2.75) is 50.7 Å². The van der Waals surface area contributed by atoms with Crippen LogP contribution in [-0.2, 0) is 10.0 Å². The zero-order chi connectivity index (χ0) is 14.5. The molecule has 0 aromatic rings. The summed E-state index contributed by atoms with van der Waals surface area (Å²) in [5.74, 6) is -0.455. The highest BCUT2D eigenvalue weighted by molar-refractivity contribution is 7.89. The second-order valence-corrected chi connectivity index (χ2v) is 6.91. The van der Waals surface area contributed by atoms with E-state index in [4.69, 9.17) is 5.73 Å². The number of hydrogen-bond donors (Lipinski definition) is 1. The first-order chi connectivity index (χ1) is 8.76. The molecule has 0 unspecified atom stereocenters. The van der Waals surface area contributed by atoms with Gasteiger partial charge in [-0.3, -0.25) is 0 Å². The Bertz CT molecular complexity index is 365. The molecule has 1 aliphatic carbocycles. The maximum absolute atomic E-state index is 12.1. The summed E-state index contributed by atoms with van der Waals surface area (Å²) in [6.07, 6.45) is -2.28. The zero-order valence-electron chi connectivity index (χ0n) is 10.8. The lowest BCUT2D eigenvalue weighted by molar-refractivity contribution is -0.134. The van der Waals surface area contributed by atoms with Gasteiger partial charge in [0, 0.05) is 25.6 Å². The average molecular weight is 302 g/mol. The lowest BCUT2D eigenvalue weighted by Crippen LogP contribution is -2.43. The molecular formula is C11H21F3N2O2S. The highest BCUT2D eigenvalue weighted by atomic mass is 32.2. The molecule has 0 aromatic heterocycles. The summed E-state index contributed by atoms with van der Waals surface area (Å²) in [5, 5.41) is 0. The first kappa shape index (κ1) is 16.7. The van der Waals surface area contributed by atoms with E-state index in [0.29, 0.717) is 0 Å². The van der Waals surface area contributed by atoms with E-state index in [1.54, 1.807) is 0 Å². The molecule has 114 valence electrons. The topological polar surface area (TPSA) is 63.4 Å². The van der Waals surface area contributed by atoms with Crippen LogP contribution in [0.5, 0.6) is 0 Å². The molecule has 0 amide bonds. The Morgan fingerprint density at radius 1 is 1.21 bits per heavy atom. The minimum Gasteiger partial charge on any atom is -0.329 e. The fraction of sp³-hybridized carbons (Fsp3) is 1.00. The van der Waals surface area contributed by atoms with Crippen LogP contribution < -0.4 is 5.73 Å². The van der Waals surface area contributed by atoms with Gasteiger partial charge in [-0.1, -0.05) is 12.8 Å². The molecule has 0 spiro atoms. The molecule has 0 aliphatic heterocycles. The molecule has 0 radical (unpaired) electrons. The van der Waals surface area contributed by atoms with Crippen LogP contribution in [0.25, 0.3) is 0 Å². The van der Waals surface area contributed by atoms with Crippen molar-refractivity contribution < 1.29 is 21.6 Å². The van der Waals surface area contributed by atoms with Crippen molar-refractivity contribution in [3.63, 3.8) is 0 Å². The summed E-state index contributed by atoms with van der Waals surface area (Å²) in [7, 11) is -3.64. The smallest absolute Gasteiger partial charge is 0.329 e. The van der Waals surface area contributed by atoms with Gasteiger partial charge in [0.2, 0.25) is 10.0 Å². The highest BCUT2D eigenvalue weighted by Gasteiger charge is 2.33. The summed E-state index contributed by atoms with van der Waals surface area (Å²) < 4.78 is 61.7. The van der Waals surface area contributed by atoms with Gasteiger partial charge in [0.15, 0.2) is 0 Å². The second kappa shape index (κ2) is 6.90. The van der Waals surface area contributed by atoms with Crippen LogP contribution in [0.15, 0.2) is 0 Å². The highest BCUT2D eigenvalue weighted by Crippen LogP contribution is 2.27. The van der Waals surface area contributed by atoms with Gasteiger partial charge >= 0.3 is 6.18 Å². The summed E-state index contributed by atoms with van der Waals surface area (Å²) in [6.45, 7) is 0.383. The van der Waals surface area contributed by atoms with Crippen LogP contribution >= 0.6 is 0 Å². The monoisotopic (exact) mass is 302 g/mol. The van der Waals surface area contributed by atoms with Crippen molar-refractivity contribution in [2.24, 2.45) is 5.73 Å². The minimum atomic E-state index is -4.30. The maximum Gasteiger partial charge on any atom is 0.389 e. The first-order valence-corrected chi connectivity index (χ1v) is 8.13. The van der Waals surface area contributed by atoms with Gasteiger partial charge in [0.05, 0.1) is 5.75 Å². The Kier molecular flexibility index (Phi) is 6.07. The lowest BCUT2D eigenvalue weighted by Gasteiger charge is -2.27. The Hall–Kier alpha value is -0.340. The van der Waals surface area contributed by atoms with E-state index >= 15 is 0 Å². The van der Waals surface area contributed by atoms with Crippen molar-refractivity contribution in [1.29, 1.82) is 0 Å². The fourth-order valence-corrected chi connectivity index (χ4v) is 4.23. The standard InChI is InChI=1S/C11H21F3N2O2S/c12-11(13,14)6-3-9-19(17,18)16(8-7-15)10-4-1-2-5-10/h10H,1-9,15H2. The Balaban J connectivity index is 2.60. The van der Waals surface area contributed by atoms with Gasteiger partial charge in [-0.2, -0.15) is 17.5 Å². The second-order valence-electron chi connectivity index (χ2n) is 4.87. The van der Waals surface area contributed by atoms with Crippen LogP contribution in [0.3, 0.4) is 0 Å². The Morgan fingerprint density at radius 2 is 1.79 bits per heavy atom. The van der Waals surface area contributed by atoms with Crippen LogP contribution in [0.4, 0.5) is 13.2 Å². The number of nitrogens with two attached hydrogens (primary N) is 1. The molecule has 1 fully saturated rings. The number of alkyl halides is 3. The van der Waals surface area contributed by atoms with Crippen molar-refractivity contribution in [3.05, 3.63) is 0 Å². The van der Waals surface area contributed by atoms with E-state index in [-0.39, 0.29) is 25.6 Å². The van der Waals surface area contributed by atoms with E-state index < -0.39 is 28.4 Å². The van der Waals surface area contributed by atoms with Gasteiger partial charge in [-0.05, 0) is 19.3 Å². The molecule has 0 atom stereocenters. The predicted molar refractivity (Wildman–Crippen MR) is 67.1 cm³/mol. The van der Waals surface area contributed by atoms with Gasteiger partial charge in [-0.15, -0.1) is 0 Å². The molecule has 8 heteroatoms. The molecule has 0 heterocycles. The fourth-order valence-electron chi connectivity index (χ4n) is 2.44. The van der Waals surface area contributed by atoms with Gasteiger partial charge in [-0.25, -0.2) is 8.42 Å². The zero-order valence-corrected chi connectivity index (χ0v) is 11.6. The quantitative estimate of drug-likeness (QED) is 0.781. The molecule has 0 saturated heterocycles. The van der Waals surface area contributed by atoms with Crippen LogP contribution in [0.1, 0.15) is 38.5 Å². The molecular weight excluding hydrogens is 281 g/mol. The van der Waals surface area contributed by atoms with Crippen LogP contribution in [0, 0.1) is 0 Å². The van der Waals surface area contributed by atoms with E-state index in [1.807, 2.05) is 0 Å². The van der Waals surface area contributed by atoms with Crippen molar-refractivity contribution >= 4 is 10.0 Å². The van der Waals surface area contributed by atoms with E-state index in [1.165, 1.54) is 4.31 Å². The van der Waals surface area contributed by atoms with Gasteiger partial charge in [0.25, 0.3) is 0 Å². The normalized spacial score (nSPS) is 18.4. The summed E-state index contributed by atoms with van der Waals surface area (Å²) in [5.41, 5.74) is 5.41. The van der Waals surface area contributed by atoms with Crippen molar-refractivity contribution in [1.82, 2.24) is 4.31 Å². The third kappa shape index (κ3) is 5.66. The summed E-state index contributed by atoms with van der Waals surface area (Å²) >= 11 is 0. The third-order valence-electron chi connectivity index (χ3n) is 3.30. The van der Waals surface area contributed by atoms with E-state index in [2.05, 4.69) is 0 Å². The molecule has 1 rings (SSSR count). The Morgan fingerprint density at radius 3 is 2.26 bits per heavy atom. The van der Waals surface area contributed by atoms with Gasteiger partial charge < -0.3 is 5.73 Å². The lowest BCUT2D eigenvalue weighted by atomic mass is 10.2. The number of halogens is 3. The molecule has 19 heavy (non-hydrogen) atoms. The Labute approximate surface area is 112 Å². The van der Waals surface area contributed by atoms with E-state index in [0.717, 1.165) is 25.7 Å². The van der Waals surface area contributed by atoms with Crippen LogP contribution in [-0.4, -0.2) is 43.8 Å². The van der Waals surface area contributed by atoms with Crippen molar-refractivity contribution in [3.8, 4) is 0 Å². The number of nitrogens with zero attached hydrogens (tertiary/aromatic N) is 1. The summed E-state index contributed by atoms with van der Waals surface area (Å²) in [4.78, 5) is 0. The van der Waals surface area contributed by atoms with Gasteiger partial charge in [0.1, 0.15) is 0 Å². The molecule has 1 aliphatic rings. The third-order valence-corrected chi connectivity index (χ3v) is 5.30. The summed E-state index contributed by atoms with van der Waals surface area (Å²) in [6, 6.07) is -0.0839. The largest absolute Gasteiger partial charge is 0.389 e. The molecule has 0 aromatic carbocycles. The molecule has 0 bridgehead atoms. The number of sulfonamides is 1.